The fourth-order valence-corrected chi connectivity index (χ4v) is 3.73. The smallest absolute Gasteiger partial charge is 0.310 e. The van der Waals surface area contributed by atoms with Crippen LogP contribution in [0.1, 0.15) is 11.1 Å². The summed E-state index contributed by atoms with van der Waals surface area (Å²) >= 11 is 0. The minimum Gasteiger partial charge on any atom is -0.489 e. The molecule has 0 unspecified atom stereocenters. The number of ether oxygens (including phenoxy) is 1. The average Bonchev–Trinajstić information content (AvgIpc) is 2.90. The Kier molecular flexibility index (Phi) is 7.56. The quantitative estimate of drug-likeness (QED) is 0.413. The molecule has 3 rings (SSSR count). The molecule has 0 saturated carbocycles. The molecular weight excluding hydrogens is 434 g/mol. The number of anilines is 1. The monoisotopic (exact) mass is 463 g/mol. The molecule has 0 fully saturated rings. The van der Waals surface area contributed by atoms with Crippen molar-refractivity contribution in [3.63, 3.8) is 0 Å². The Morgan fingerprint density at radius 1 is 1.12 bits per heavy atom. The molecule has 2 N–H and O–H groups in total. The predicted molar refractivity (Wildman–Crippen MR) is 131 cm³/mol. The van der Waals surface area contributed by atoms with E-state index in [2.05, 4.69) is 41.7 Å². The van der Waals surface area contributed by atoms with Crippen LogP contribution in [0, 0.1) is 11.5 Å². The van der Waals surface area contributed by atoms with Crippen molar-refractivity contribution in [3.8, 4) is 17.2 Å². The van der Waals surface area contributed by atoms with Gasteiger partial charge in [-0.25, -0.2) is 0 Å². The molecular formula is C25H29N3O4Si. The number of nitrogens with zero attached hydrogens (tertiary/aromatic N) is 1. The Hall–Kier alpha value is -3.57. The lowest BCUT2D eigenvalue weighted by atomic mass is 10.1. The van der Waals surface area contributed by atoms with Crippen LogP contribution in [-0.4, -0.2) is 52.0 Å². The number of rotatable bonds is 4. The summed E-state index contributed by atoms with van der Waals surface area (Å²) in [5.74, 6) is 1.68. The Balaban J connectivity index is 1.62. The first-order chi connectivity index (χ1) is 15.6. The average molecular weight is 464 g/mol. The molecule has 0 aromatic heterocycles. The van der Waals surface area contributed by atoms with Gasteiger partial charge in [0.25, 0.3) is 5.91 Å². The molecule has 0 radical (unpaired) electrons. The molecule has 1 heterocycles. The van der Waals surface area contributed by atoms with Crippen LogP contribution in [0.5, 0.6) is 5.75 Å². The molecule has 3 amide bonds. The van der Waals surface area contributed by atoms with Crippen molar-refractivity contribution in [1.82, 2.24) is 10.6 Å². The second-order valence-corrected chi connectivity index (χ2v) is 13.7. The number of benzene rings is 2. The maximum absolute atomic E-state index is 13.0. The van der Waals surface area contributed by atoms with E-state index in [1.165, 1.54) is 4.90 Å². The molecule has 2 aromatic rings. The first kappa shape index (κ1) is 24.1. The van der Waals surface area contributed by atoms with E-state index in [-0.39, 0.29) is 12.5 Å². The summed E-state index contributed by atoms with van der Waals surface area (Å²) in [5, 5.41) is 5.08. The summed E-state index contributed by atoms with van der Waals surface area (Å²) < 4.78 is 5.77. The van der Waals surface area contributed by atoms with Gasteiger partial charge in [0.05, 0.1) is 5.69 Å². The van der Waals surface area contributed by atoms with Gasteiger partial charge in [0.15, 0.2) is 0 Å². The van der Waals surface area contributed by atoms with Gasteiger partial charge in [-0.3, -0.25) is 14.4 Å². The van der Waals surface area contributed by atoms with Gasteiger partial charge in [-0.1, -0.05) is 55.9 Å². The highest BCUT2D eigenvalue weighted by molar-refractivity contribution is 6.83. The Labute approximate surface area is 195 Å². The Bertz CT molecular complexity index is 1100. The number of carbonyl (C=O) groups excluding carboxylic acids is 3. The van der Waals surface area contributed by atoms with Gasteiger partial charge in [0.2, 0.25) is 0 Å². The Morgan fingerprint density at radius 2 is 1.85 bits per heavy atom. The second-order valence-electron chi connectivity index (χ2n) is 8.91. The van der Waals surface area contributed by atoms with Crippen molar-refractivity contribution in [2.24, 2.45) is 0 Å². The van der Waals surface area contributed by atoms with Crippen molar-refractivity contribution in [1.29, 1.82) is 0 Å². The fraction of sp³-hybridized carbons (Fsp3) is 0.320. The molecule has 172 valence electrons. The number of fused-ring (bicyclic) bond motifs is 1. The highest BCUT2D eigenvalue weighted by atomic mass is 28.3. The number of carbonyl (C=O) groups is 3. The van der Waals surface area contributed by atoms with E-state index in [0.717, 1.165) is 11.1 Å². The van der Waals surface area contributed by atoms with E-state index in [1.54, 1.807) is 19.2 Å². The minimum atomic E-state index is -1.54. The normalized spacial score (nSPS) is 15.3. The van der Waals surface area contributed by atoms with E-state index in [0.29, 0.717) is 24.4 Å². The highest BCUT2D eigenvalue weighted by Gasteiger charge is 2.32. The van der Waals surface area contributed by atoms with E-state index in [1.807, 2.05) is 36.4 Å². The molecule has 1 aliphatic rings. The van der Waals surface area contributed by atoms with Crippen LogP contribution in [0.4, 0.5) is 5.69 Å². The van der Waals surface area contributed by atoms with Crippen LogP contribution in [0.3, 0.4) is 0 Å². The summed E-state index contributed by atoms with van der Waals surface area (Å²) in [7, 11) is 0.0721. The number of hydrogen-bond acceptors (Lipinski definition) is 4. The van der Waals surface area contributed by atoms with Crippen molar-refractivity contribution in [2.75, 3.05) is 25.1 Å². The number of nitrogens with one attached hydrogen (secondary N) is 2. The van der Waals surface area contributed by atoms with Gasteiger partial charge < -0.3 is 20.3 Å². The maximum atomic E-state index is 13.0. The van der Waals surface area contributed by atoms with Crippen LogP contribution in [0.2, 0.25) is 19.6 Å². The predicted octanol–water partition coefficient (Wildman–Crippen LogP) is 2.11. The topological polar surface area (TPSA) is 87.7 Å². The van der Waals surface area contributed by atoms with Crippen LogP contribution in [0.25, 0.3) is 0 Å². The Morgan fingerprint density at radius 3 is 2.55 bits per heavy atom. The lowest BCUT2D eigenvalue weighted by molar-refractivity contribution is -0.140. The zero-order chi connectivity index (χ0) is 24.0. The standard InChI is InChI=1S/C25H29N3O4Si/c1-28-21-16-19(13-15-33(2,3)4)10-11-22(21)32-17-20(25(28)31)27-24(30)23(29)26-14-12-18-8-6-5-7-9-18/h5-11,16,20H,12,14,17H2,1-4H3,(H,26,29)(H,27,30)/t20-/m0/s1. The summed E-state index contributed by atoms with van der Waals surface area (Å²) in [6.45, 7) is 6.73. The van der Waals surface area contributed by atoms with E-state index >= 15 is 0 Å². The summed E-state index contributed by atoms with van der Waals surface area (Å²) in [4.78, 5) is 39.0. The lowest BCUT2D eigenvalue weighted by Gasteiger charge is -2.20. The van der Waals surface area contributed by atoms with E-state index < -0.39 is 25.9 Å². The van der Waals surface area contributed by atoms with Gasteiger partial charge in [0.1, 0.15) is 26.5 Å². The molecule has 1 aliphatic heterocycles. The molecule has 0 bridgehead atoms. The highest BCUT2D eigenvalue weighted by Crippen LogP contribution is 2.31. The van der Waals surface area contributed by atoms with Crippen LogP contribution in [-0.2, 0) is 20.8 Å². The number of amides is 3. The fourth-order valence-electron chi connectivity index (χ4n) is 3.21. The van der Waals surface area contributed by atoms with E-state index in [9.17, 15) is 14.4 Å². The van der Waals surface area contributed by atoms with Crippen LogP contribution < -0.4 is 20.3 Å². The first-order valence-electron chi connectivity index (χ1n) is 10.8. The molecule has 0 spiro atoms. The molecule has 33 heavy (non-hydrogen) atoms. The van der Waals surface area contributed by atoms with Gasteiger partial charge in [0, 0.05) is 19.2 Å². The maximum Gasteiger partial charge on any atom is 0.310 e. The lowest BCUT2D eigenvalue weighted by Crippen LogP contribution is -2.53. The largest absolute Gasteiger partial charge is 0.489 e. The third-order valence-electron chi connectivity index (χ3n) is 4.99. The van der Waals surface area contributed by atoms with Crippen molar-refractivity contribution < 1.29 is 19.1 Å². The second kappa shape index (κ2) is 10.4. The van der Waals surface area contributed by atoms with Crippen LogP contribution in [0.15, 0.2) is 48.5 Å². The minimum absolute atomic E-state index is 0.0703. The molecule has 8 heteroatoms. The van der Waals surface area contributed by atoms with Crippen molar-refractivity contribution >= 4 is 31.5 Å². The van der Waals surface area contributed by atoms with Crippen LogP contribution >= 0.6 is 0 Å². The molecule has 0 aliphatic carbocycles. The van der Waals surface area contributed by atoms with E-state index in [4.69, 9.17) is 4.74 Å². The number of likely N-dealkylation sites (N-methyl/N-ethyl adjacent to an activating group) is 1. The van der Waals surface area contributed by atoms with Crippen molar-refractivity contribution in [2.45, 2.75) is 32.1 Å². The van der Waals surface area contributed by atoms with Gasteiger partial charge in [-0.15, -0.1) is 5.54 Å². The molecule has 7 nitrogen and oxygen atoms in total. The van der Waals surface area contributed by atoms with Gasteiger partial charge in [-0.05, 0) is 30.2 Å². The van der Waals surface area contributed by atoms with Gasteiger partial charge >= 0.3 is 11.8 Å². The zero-order valence-electron chi connectivity index (χ0n) is 19.4. The summed E-state index contributed by atoms with van der Waals surface area (Å²) in [6, 6.07) is 14.1. The van der Waals surface area contributed by atoms with Crippen molar-refractivity contribution in [3.05, 3.63) is 59.7 Å². The zero-order valence-corrected chi connectivity index (χ0v) is 20.4. The SMILES string of the molecule is CN1C(=O)[C@@H](NC(=O)C(=O)NCCc2ccccc2)COc2ccc(C#C[Si](C)(C)C)cc21. The first-order valence-corrected chi connectivity index (χ1v) is 14.3. The number of hydrogen-bond donors (Lipinski definition) is 2. The third-order valence-corrected chi connectivity index (χ3v) is 5.86. The molecule has 0 saturated heterocycles. The van der Waals surface area contributed by atoms with Gasteiger partial charge in [-0.2, -0.15) is 0 Å². The summed E-state index contributed by atoms with van der Waals surface area (Å²) in [6.07, 6.45) is 0.603. The summed E-state index contributed by atoms with van der Waals surface area (Å²) in [5.41, 5.74) is 5.73. The molecule has 1 atom stereocenters. The molecule has 2 aromatic carbocycles. The third kappa shape index (κ3) is 6.70.